The van der Waals surface area contributed by atoms with Crippen molar-refractivity contribution in [2.75, 3.05) is 18.4 Å². The molecule has 0 aliphatic carbocycles. The average molecular weight is 470 g/mol. The molecule has 0 saturated carbocycles. The van der Waals surface area contributed by atoms with Gasteiger partial charge in [0.1, 0.15) is 5.82 Å². The highest BCUT2D eigenvalue weighted by molar-refractivity contribution is 5.93. The zero-order chi connectivity index (χ0) is 24.4. The number of para-hydroxylation sites is 1. The predicted octanol–water partition coefficient (Wildman–Crippen LogP) is 6.30. The molecule has 35 heavy (non-hydrogen) atoms. The van der Waals surface area contributed by atoms with Crippen molar-refractivity contribution in [3.63, 3.8) is 0 Å². The number of nitrogens with zero attached hydrogens (tertiary/aromatic N) is 2. The molecule has 2 heterocycles. The van der Waals surface area contributed by atoms with Crippen LogP contribution >= 0.6 is 0 Å². The van der Waals surface area contributed by atoms with Gasteiger partial charge in [-0.15, -0.1) is 0 Å². The summed E-state index contributed by atoms with van der Waals surface area (Å²) in [6.07, 6.45) is 1.70. The number of aromatic nitrogens is 1. The summed E-state index contributed by atoms with van der Waals surface area (Å²) in [7, 11) is 0. The second-order valence-electron chi connectivity index (χ2n) is 9.77. The van der Waals surface area contributed by atoms with Crippen LogP contribution in [0.25, 0.3) is 10.9 Å². The van der Waals surface area contributed by atoms with Crippen LogP contribution in [0.4, 0.5) is 10.1 Å². The van der Waals surface area contributed by atoms with Gasteiger partial charge in [0.25, 0.3) is 0 Å². The van der Waals surface area contributed by atoms with Gasteiger partial charge in [0, 0.05) is 35.9 Å². The van der Waals surface area contributed by atoms with Gasteiger partial charge in [0.2, 0.25) is 5.91 Å². The molecule has 1 N–H and O–H groups in total. The highest BCUT2D eigenvalue weighted by Crippen LogP contribution is 2.26. The maximum atomic E-state index is 13.8. The van der Waals surface area contributed by atoms with Gasteiger partial charge in [-0.05, 0) is 92.2 Å². The summed E-state index contributed by atoms with van der Waals surface area (Å²) in [4.78, 5) is 15.4. The number of carbonyl (C=O) groups excluding carboxylic acids is 1. The van der Waals surface area contributed by atoms with Crippen LogP contribution in [-0.2, 0) is 17.9 Å². The Morgan fingerprint density at radius 1 is 0.943 bits per heavy atom. The third-order valence-electron chi connectivity index (χ3n) is 7.12. The molecule has 5 rings (SSSR count). The number of amides is 1. The van der Waals surface area contributed by atoms with E-state index in [9.17, 15) is 9.18 Å². The Kier molecular flexibility index (Phi) is 6.69. The van der Waals surface area contributed by atoms with Crippen LogP contribution in [0.15, 0.2) is 72.8 Å². The SMILES string of the molecule is Cc1ccc(C)c(NC(=O)C2CCN(Cc3cc4ccccc4n3Cc3cccc(F)c3)CC2)c1. The fourth-order valence-electron chi connectivity index (χ4n) is 5.09. The lowest BCUT2D eigenvalue weighted by Gasteiger charge is -2.31. The summed E-state index contributed by atoms with van der Waals surface area (Å²) in [6.45, 7) is 7.28. The van der Waals surface area contributed by atoms with Crippen molar-refractivity contribution in [3.05, 3.63) is 101 Å². The van der Waals surface area contributed by atoms with Crippen molar-refractivity contribution in [2.45, 2.75) is 39.8 Å². The van der Waals surface area contributed by atoms with Crippen molar-refractivity contribution in [1.29, 1.82) is 0 Å². The van der Waals surface area contributed by atoms with E-state index in [1.807, 2.05) is 32.0 Å². The van der Waals surface area contributed by atoms with Crippen molar-refractivity contribution < 1.29 is 9.18 Å². The van der Waals surface area contributed by atoms with Crippen LogP contribution in [0.2, 0.25) is 0 Å². The van der Waals surface area contributed by atoms with Gasteiger partial charge >= 0.3 is 0 Å². The lowest BCUT2D eigenvalue weighted by atomic mass is 9.95. The molecule has 1 aliphatic rings. The van der Waals surface area contributed by atoms with Crippen molar-refractivity contribution in [2.24, 2.45) is 5.92 Å². The minimum absolute atomic E-state index is 0.0318. The van der Waals surface area contributed by atoms with Crippen LogP contribution in [0.3, 0.4) is 0 Å². The number of rotatable bonds is 6. The molecule has 1 saturated heterocycles. The molecule has 0 radical (unpaired) electrons. The van der Waals surface area contributed by atoms with Gasteiger partial charge in [0.15, 0.2) is 0 Å². The van der Waals surface area contributed by atoms with Gasteiger partial charge in [-0.2, -0.15) is 0 Å². The summed E-state index contributed by atoms with van der Waals surface area (Å²) in [6, 6.07) is 23.6. The number of carbonyl (C=O) groups is 1. The van der Waals surface area contributed by atoms with E-state index in [0.29, 0.717) is 6.54 Å². The molecule has 1 aromatic heterocycles. The standard InChI is InChI=1S/C30H32FN3O/c1-21-10-11-22(2)28(16-21)32-30(35)24-12-14-33(15-13-24)20-27-18-25-7-3-4-9-29(25)34(27)19-23-6-5-8-26(31)17-23/h3-11,16-18,24H,12-15,19-20H2,1-2H3,(H,32,35). The molecule has 180 valence electrons. The van der Waals surface area contributed by atoms with E-state index in [-0.39, 0.29) is 17.6 Å². The first-order valence-electron chi connectivity index (χ1n) is 12.4. The van der Waals surface area contributed by atoms with Crippen molar-refractivity contribution in [1.82, 2.24) is 9.47 Å². The molecule has 1 amide bonds. The molecule has 5 heteroatoms. The number of piperidine rings is 1. The number of aryl methyl sites for hydroxylation is 2. The highest BCUT2D eigenvalue weighted by atomic mass is 19.1. The van der Waals surface area contributed by atoms with E-state index in [0.717, 1.165) is 60.4 Å². The van der Waals surface area contributed by atoms with Crippen LogP contribution in [0.1, 0.15) is 35.2 Å². The zero-order valence-electron chi connectivity index (χ0n) is 20.4. The third kappa shape index (κ3) is 5.30. The Labute approximate surface area is 206 Å². The largest absolute Gasteiger partial charge is 0.339 e. The van der Waals surface area contributed by atoms with Gasteiger partial charge in [-0.25, -0.2) is 4.39 Å². The Hall–Kier alpha value is -3.44. The second kappa shape index (κ2) is 10.0. The number of hydrogen-bond donors (Lipinski definition) is 1. The highest BCUT2D eigenvalue weighted by Gasteiger charge is 2.26. The Balaban J connectivity index is 1.27. The molecule has 0 bridgehead atoms. The predicted molar refractivity (Wildman–Crippen MR) is 140 cm³/mol. The second-order valence-corrected chi connectivity index (χ2v) is 9.77. The minimum Gasteiger partial charge on any atom is -0.339 e. The molecular formula is C30H32FN3O. The molecule has 4 nitrogen and oxygen atoms in total. The van der Waals surface area contributed by atoms with Crippen LogP contribution in [0.5, 0.6) is 0 Å². The maximum Gasteiger partial charge on any atom is 0.227 e. The average Bonchev–Trinajstić information content (AvgIpc) is 3.18. The topological polar surface area (TPSA) is 37.3 Å². The Morgan fingerprint density at radius 2 is 1.74 bits per heavy atom. The Morgan fingerprint density at radius 3 is 2.54 bits per heavy atom. The summed E-state index contributed by atoms with van der Waals surface area (Å²) in [5.41, 5.74) is 6.49. The molecule has 1 fully saturated rings. The van der Waals surface area contributed by atoms with E-state index in [1.165, 1.54) is 17.1 Å². The van der Waals surface area contributed by atoms with E-state index in [4.69, 9.17) is 0 Å². The zero-order valence-corrected chi connectivity index (χ0v) is 20.4. The lowest BCUT2D eigenvalue weighted by molar-refractivity contribution is -0.121. The number of hydrogen-bond acceptors (Lipinski definition) is 2. The first-order chi connectivity index (χ1) is 17.0. The van der Waals surface area contributed by atoms with E-state index in [1.54, 1.807) is 12.1 Å². The van der Waals surface area contributed by atoms with Crippen molar-refractivity contribution >= 4 is 22.5 Å². The van der Waals surface area contributed by atoms with Gasteiger partial charge < -0.3 is 9.88 Å². The summed E-state index contributed by atoms with van der Waals surface area (Å²) < 4.78 is 16.1. The fourth-order valence-corrected chi connectivity index (χ4v) is 5.09. The summed E-state index contributed by atoms with van der Waals surface area (Å²) in [5, 5.41) is 4.35. The van der Waals surface area contributed by atoms with Crippen LogP contribution < -0.4 is 5.32 Å². The summed E-state index contributed by atoms with van der Waals surface area (Å²) >= 11 is 0. The third-order valence-corrected chi connectivity index (χ3v) is 7.12. The normalized spacial score (nSPS) is 14.9. The number of anilines is 1. The number of nitrogens with one attached hydrogen (secondary N) is 1. The fraction of sp³-hybridized carbons (Fsp3) is 0.300. The molecule has 0 spiro atoms. The van der Waals surface area contributed by atoms with E-state index < -0.39 is 0 Å². The lowest BCUT2D eigenvalue weighted by Crippen LogP contribution is -2.38. The van der Waals surface area contributed by atoms with Crippen molar-refractivity contribution in [3.8, 4) is 0 Å². The van der Waals surface area contributed by atoms with E-state index in [2.05, 4.69) is 51.2 Å². The molecule has 3 aromatic carbocycles. The smallest absolute Gasteiger partial charge is 0.227 e. The van der Waals surface area contributed by atoms with Gasteiger partial charge in [-0.1, -0.05) is 42.5 Å². The first-order valence-corrected chi connectivity index (χ1v) is 12.4. The molecule has 0 unspecified atom stereocenters. The number of benzene rings is 3. The van der Waals surface area contributed by atoms with Crippen LogP contribution in [-0.4, -0.2) is 28.5 Å². The molecule has 0 atom stereocenters. The van der Waals surface area contributed by atoms with E-state index >= 15 is 0 Å². The maximum absolute atomic E-state index is 13.8. The molecule has 4 aromatic rings. The van der Waals surface area contributed by atoms with Crippen LogP contribution in [0, 0.1) is 25.6 Å². The monoisotopic (exact) mass is 469 g/mol. The molecular weight excluding hydrogens is 437 g/mol. The Bertz CT molecular complexity index is 1350. The minimum atomic E-state index is -0.207. The van der Waals surface area contributed by atoms with Gasteiger partial charge in [0.05, 0.1) is 0 Å². The quantitative estimate of drug-likeness (QED) is 0.360. The van der Waals surface area contributed by atoms with Gasteiger partial charge in [-0.3, -0.25) is 9.69 Å². The number of fused-ring (bicyclic) bond motifs is 1. The first kappa shape index (κ1) is 23.3. The number of halogens is 1. The molecule has 1 aliphatic heterocycles. The summed E-state index contributed by atoms with van der Waals surface area (Å²) in [5.74, 6) is -0.0513. The number of likely N-dealkylation sites (tertiary alicyclic amines) is 1.